The molecule has 0 aliphatic carbocycles. The standard InChI is InChI=1S/C11H16OS/c1-8-6-10(3)11(7-9(8)2)13-5-4-12/h6-7,12H,4-5H2,1-3H3. The molecule has 0 radical (unpaired) electrons. The van der Waals surface area contributed by atoms with E-state index < -0.39 is 0 Å². The first-order chi connectivity index (χ1) is 6.15. The Morgan fingerprint density at radius 3 is 2.31 bits per heavy atom. The van der Waals surface area contributed by atoms with Crippen LogP contribution in [0.5, 0.6) is 0 Å². The molecular formula is C11H16OS. The largest absolute Gasteiger partial charge is 0.396 e. The van der Waals surface area contributed by atoms with E-state index in [1.165, 1.54) is 21.6 Å². The lowest BCUT2D eigenvalue weighted by molar-refractivity contribution is 0.322. The first-order valence-corrected chi connectivity index (χ1v) is 5.45. The predicted molar refractivity (Wildman–Crippen MR) is 58.5 cm³/mol. The van der Waals surface area contributed by atoms with E-state index >= 15 is 0 Å². The summed E-state index contributed by atoms with van der Waals surface area (Å²) >= 11 is 1.72. The molecule has 0 unspecified atom stereocenters. The Labute approximate surface area is 84.2 Å². The van der Waals surface area contributed by atoms with Gasteiger partial charge in [0, 0.05) is 10.6 Å². The van der Waals surface area contributed by atoms with Crippen molar-refractivity contribution >= 4 is 11.8 Å². The lowest BCUT2D eigenvalue weighted by Crippen LogP contribution is -1.90. The SMILES string of the molecule is Cc1cc(C)c(SCCO)cc1C. The summed E-state index contributed by atoms with van der Waals surface area (Å²) in [5, 5.41) is 8.72. The Morgan fingerprint density at radius 1 is 1.08 bits per heavy atom. The summed E-state index contributed by atoms with van der Waals surface area (Å²) in [7, 11) is 0. The van der Waals surface area contributed by atoms with Crippen molar-refractivity contribution in [3.8, 4) is 0 Å². The van der Waals surface area contributed by atoms with Crippen molar-refractivity contribution in [3.05, 3.63) is 28.8 Å². The second-order valence-corrected chi connectivity index (χ2v) is 4.41. The first kappa shape index (κ1) is 10.6. The monoisotopic (exact) mass is 196 g/mol. The van der Waals surface area contributed by atoms with E-state index in [1.807, 2.05) is 0 Å². The zero-order valence-electron chi connectivity index (χ0n) is 8.42. The highest BCUT2D eigenvalue weighted by atomic mass is 32.2. The highest BCUT2D eigenvalue weighted by molar-refractivity contribution is 7.99. The van der Waals surface area contributed by atoms with Crippen molar-refractivity contribution in [2.75, 3.05) is 12.4 Å². The van der Waals surface area contributed by atoms with Crippen molar-refractivity contribution in [3.63, 3.8) is 0 Å². The van der Waals surface area contributed by atoms with Crippen LogP contribution in [0.3, 0.4) is 0 Å². The fraction of sp³-hybridized carbons (Fsp3) is 0.455. The molecule has 1 aromatic rings. The van der Waals surface area contributed by atoms with Crippen LogP contribution in [-0.4, -0.2) is 17.5 Å². The fourth-order valence-electron chi connectivity index (χ4n) is 1.25. The topological polar surface area (TPSA) is 20.2 Å². The lowest BCUT2D eigenvalue weighted by atomic mass is 10.1. The maximum Gasteiger partial charge on any atom is 0.0525 e. The molecule has 0 fully saturated rings. The molecule has 0 spiro atoms. The maximum atomic E-state index is 8.72. The Balaban J connectivity index is 2.88. The van der Waals surface area contributed by atoms with Crippen molar-refractivity contribution in [1.82, 2.24) is 0 Å². The summed E-state index contributed by atoms with van der Waals surface area (Å²) in [6.45, 7) is 6.61. The van der Waals surface area contributed by atoms with Gasteiger partial charge in [-0.25, -0.2) is 0 Å². The van der Waals surface area contributed by atoms with Gasteiger partial charge in [0.15, 0.2) is 0 Å². The van der Waals surface area contributed by atoms with Gasteiger partial charge in [-0.2, -0.15) is 0 Å². The summed E-state index contributed by atoms with van der Waals surface area (Å²) in [5.74, 6) is 0.781. The van der Waals surface area contributed by atoms with Gasteiger partial charge in [-0.15, -0.1) is 11.8 Å². The van der Waals surface area contributed by atoms with Crippen LogP contribution in [-0.2, 0) is 0 Å². The minimum atomic E-state index is 0.247. The molecular weight excluding hydrogens is 180 g/mol. The second-order valence-electron chi connectivity index (χ2n) is 3.27. The Kier molecular flexibility index (Phi) is 3.82. The molecule has 0 saturated heterocycles. The maximum absolute atomic E-state index is 8.72. The number of rotatable bonds is 3. The normalized spacial score (nSPS) is 10.5. The molecule has 0 aliphatic rings. The van der Waals surface area contributed by atoms with Crippen molar-refractivity contribution in [2.45, 2.75) is 25.7 Å². The average Bonchev–Trinajstić information content (AvgIpc) is 2.09. The van der Waals surface area contributed by atoms with Crippen LogP contribution in [0.25, 0.3) is 0 Å². The van der Waals surface area contributed by atoms with E-state index in [4.69, 9.17) is 5.11 Å². The van der Waals surface area contributed by atoms with E-state index in [9.17, 15) is 0 Å². The van der Waals surface area contributed by atoms with Gasteiger partial charge in [-0.05, 0) is 43.5 Å². The van der Waals surface area contributed by atoms with Crippen molar-refractivity contribution < 1.29 is 5.11 Å². The predicted octanol–water partition coefficient (Wildman–Crippen LogP) is 2.70. The average molecular weight is 196 g/mol. The van der Waals surface area contributed by atoms with Gasteiger partial charge in [0.25, 0.3) is 0 Å². The number of thioether (sulfide) groups is 1. The van der Waals surface area contributed by atoms with Gasteiger partial charge in [0.1, 0.15) is 0 Å². The second kappa shape index (κ2) is 4.68. The summed E-state index contributed by atoms with van der Waals surface area (Å²) < 4.78 is 0. The molecule has 1 rings (SSSR count). The Bertz CT molecular complexity index is 294. The lowest BCUT2D eigenvalue weighted by Gasteiger charge is -2.08. The molecule has 0 aliphatic heterocycles. The number of benzene rings is 1. The van der Waals surface area contributed by atoms with Crippen LogP contribution in [0.15, 0.2) is 17.0 Å². The summed E-state index contributed by atoms with van der Waals surface area (Å²) in [6.07, 6.45) is 0. The highest BCUT2D eigenvalue weighted by Crippen LogP contribution is 2.24. The molecule has 0 atom stereocenters. The first-order valence-electron chi connectivity index (χ1n) is 4.46. The molecule has 13 heavy (non-hydrogen) atoms. The minimum Gasteiger partial charge on any atom is -0.396 e. The van der Waals surface area contributed by atoms with Gasteiger partial charge in [0.2, 0.25) is 0 Å². The number of aliphatic hydroxyl groups is 1. The number of aliphatic hydroxyl groups excluding tert-OH is 1. The molecule has 1 nitrogen and oxygen atoms in total. The third-order valence-electron chi connectivity index (χ3n) is 2.14. The van der Waals surface area contributed by atoms with Crippen molar-refractivity contribution in [1.29, 1.82) is 0 Å². The van der Waals surface area contributed by atoms with Crippen LogP contribution in [0, 0.1) is 20.8 Å². The van der Waals surface area contributed by atoms with Crippen LogP contribution < -0.4 is 0 Å². The third kappa shape index (κ3) is 2.75. The van der Waals surface area contributed by atoms with Crippen LogP contribution in [0.4, 0.5) is 0 Å². The molecule has 0 amide bonds. The molecule has 1 N–H and O–H groups in total. The smallest absolute Gasteiger partial charge is 0.0525 e. The molecule has 2 heteroatoms. The van der Waals surface area contributed by atoms with E-state index in [0.29, 0.717) is 0 Å². The van der Waals surface area contributed by atoms with Gasteiger partial charge < -0.3 is 5.11 Å². The molecule has 0 saturated carbocycles. The summed E-state index contributed by atoms with van der Waals surface area (Å²) in [6, 6.07) is 4.40. The van der Waals surface area contributed by atoms with Gasteiger partial charge in [0.05, 0.1) is 6.61 Å². The van der Waals surface area contributed by atoms with Gasteiger partial charge in [-0.1, -0.05) is 6.07 Å². The van der Waals surface area contributed by atoms with Crippen LogP contribution in [0.1, 0.15) is 16.7 Å². The van der Waals surface area contributed by atoms with Crippen LogP contribution >= 0.6 is 11.8 Å². The zero-order valence-corrected chi connectivity index (χ0v) is 9.24. The van der Waals surface area contributed by atoms with E-state index in [2.05, 4.69) is 32.9 Å². The molecule has 0 bridgehead atoms. The molecule has 0 heterocycles. The quantitative estimate of drug-likeness (QED) is 0.750. The minimum absolute atomic E-state index is 0.247. The Morgan fingerprint density at radius 2 is 1.69 bits per heavy atom. The van der Waals surface area contributed by atoms with Gasteiger partial charge >= 0.3 is 0 Å². The summed E-state index contributed by atoms with van der Waals surface area (Å²) in [5.41, 5.74) is 3.97. The zero-order chi connectivity index (χ0) is 9.84. The van der Waals surface area contributed by atoms with Crippen molar-refractivity contribution in [2.24, 2.45) is 0 Å². The third-order valence-corrected chi connectivity index (χ3v) is 3.28. The number of hydrogen-bond donors (Lipinski definition) is 1. The van der Waals surface area contributed by atoms with Crippen LogP contribution in [0.2, 0.25) is 0 Å². The fourth-order valence-corrected chi connectivity index (χ4v) is 2.10. The summed E-state index contributed by atoms with van der Waals surface area (Å²) in [4.78, 5) is 1.29. The molecule has 0 aromatic heterocycles. The Hall–Kier alpha value is -0.470. The number of hydrogen-bond acceptors (Lipinski definition) is 2. The molecule has 72 valence electrons. The highest BCUT2D eigenvalue weighted by Gasteiger charge is 2.01. The van der Waals surface area contributed by atoms with E-state index in [1.54, 1.807) is 11.8 Å². The number of aryl methyl sites for hydroxylation is 3. The molecule has 1 aromatic carbocycles. The van der Waals surface area contributed by atoms with Gasteiger partial charge in [-0.3, -0.25) is 0 Å². The van der Waals surface area contributed by atoms with E-state index in [-0.39, 0.29) is 6.61 Å². The van der Waals surface area contributed by atoms with E-state index in [0.717, 1.165) is 5.75 Å².